The molecule has 0 N–H and O–H groups in total. The van der Waals surface area contributed by atoms with Gasteiger partial charge in [0.15, 0.2) is 0 Å². The van der Waals surface area contributed by atoms with Gasteiger partial charge in [0.2, 0.25) is 5.91 Å². The summed E-state index contributed by atoms with van der Waals surface area (Å²) in [6, 6.07) is 3.52. The minimum Gasteiger partial charge on any atom is -0.444 e. The van der Waals surface area contributed by atoms with E-state index in [0.29, 0.717) is 56.9 Å². The Bertz CT molecular complexity index is 1380. The fourth-order valence-electron chi connectivity index (χ4n) is 5.68. The van der Waals surface area contributed by atoms with Gasteiger partial charge in [0, 0.05) is 43.6 Å². The van der Waals surface area contributed by atoms with Crippen LogP contribution in [-0.4, -0.2) is 56.8 Å². The minimum atomic E-state index is -4.92. The number of likely N-dealkylation sites (tertiary alicyclic amines) is 1. The molecule has 234 valence electrons. The standard InChI is InChI=1S/C30H34F6N4O3/c1-28(2,3)43-27(42)38-9-5-19(6-10-38)25-16-23-17-39(7-4-8-40(23)37-25)26(41)24-14-20(24)11-18-12-21(29(31,32)33)15-22(13-18)30(34,35)36/h12-16,19-20H,4-11,17H2,1-3H3. The summed E-state index contributed by atoms with van der Waals surface area (Å²) in [5.74, 6) is -0.627. The maximum Gasteiger partial charge on any atom is 0.416 e. The summed E-state index contributed by atoms with van der Waals surface area (Å²) in [4.78, 5) is 29.1. The van der Waals surface area contributed by atoms with Gasteiger partial charge in [-0.2, -0.15) is 31.4 Å². The fraction of sp³-hybridized carbons (Fsp3) is 0.567. The second-order valence-corrected chi connectivity index (χ2v) is 12.5. The quantitative estimate of drug-likeness (QED) is 0.367. The van der Waals surface area contributed by atoms with Crippen LogP contribution in [0.4, 0.5) is 31.1 Å². The number of carbonyl (C=O) groups excluding carboxylic acids is 2. The Balaban J connectivity index is 1.20. The molecule has 1 saturated heterocycles. The number of benzene rings is 1. The van der Waals surface area contributed by atoms with E-state index in [9.17, 15) is 35.9 Å². The average Bonchev–Trinajstić information content (AvgIpc) is 3.60. The number of hydrogen-bond acceptors (Lipinski definition) is 4. The molecule has 0 spiro atoms. The van der Waals surface area contributed by atoms with Crippen LogP contribution in [0, 0.1) is 5.92 Å². The number of fused-ring (bicyclic) bond motifs is 1. The van der Waals surface area contributed by atoms with Crippen molar-refractivity contribution in [3.63, 3.8) is 0 Å². The van der Waals surface area contributed by atoms with Gasteiger partial charge in [0.05, 0.1) is 29.1 Å². The normalized spacial score (nSPS) is 19.9. The molecule has 3 heterocycles. The minimum absolute atomic E-state index is 0.106. The summed E-state index contributed by atoms with van der Waals surface area (Å²) in [7, 11) is 0. The molecule has 1 unspecified atom stereocenters. The van der Waals surface area contributed by atoms with E-state index in [-0.39, 0.29) is 36.0 Å². The van der Waals surface area contributed by atoms with Crippen LogP contribution in [-0.2, 0) is 41.4 Å². The van der Waals surface area contributed by atoms with Crippen molar-refractivity contribution in [2.75, 3.05) is 19.6 Å². The summed E-state index contributed by atoms with van der Waals surface area (Å²) in [6.07, 6.45) is -6.58. The van der Waals surface area contributed by atoms with Crippen molar-refractivity contribution in [1.82, 2.24) is 19.6 Å². The van der Waals surface area contributed by atoms with Crippen molar-refractivity contribution < 1.29 is 40.7 Å². The van der Waals surface area contributed by atoms with Gasteiger partial charge < -0.3 is 14.5 Å². The van der Waals surface area contributed by atoms with Crippen LogP contribution >= 0.6 is 0 Å². The van der Waals surface area contributed by atoms with E-state index in [2.05, 4.69) is 0 Å². The lowest BCUT2D eigenvalue weighted by molar-refractivity contribution is -0.143. The Morgan fingerprint density at radius 3 is 2.09 bits per heavy atom. The second kappa shape index (κ2) is 11.2. The van der Waals surface area contributed by atoms with E-state index in [0.717, 1.165) is 24.2 Å². The SMILES string of the molecule is CC(C)(C)OC(=O)N1CCC(c2cc3n(n2)CCCN(C(=O)C2=CC2Cc2cc(C(F)(F)F)cc(C(F)(F)F)c2)C3)CC1. The molecule has 2 amide bonds. The number of amides is 2. The van der Waals surface area contributed by atoms with Gasteiger partial charge in [-0.1, -0.05) is 6.08 Å². The van der Waals surface area contributed by atoms with Gasteiger partial charge >= 0.3 is 18.4 Å². The molecule has 1 atom stereocenters. The van der Waals surface area contributed by atoms with Gasteiger partial charge in [0.1, 0.15) is 5.60 Å². The number of nitrogens with zero attached hydrogens (tertiary/aromatic N) is 4. The molecular weight excluding hydrogens is 578 g/mol. The molecule has 13 heteroatoms. The third-order valence-electron chi connectivity index (χ3n) is 7.91. The molecule has 1 aromatic carbocycles. The average molecular weight is 613 g/mol. The van der Waals surface area contributed by atoms with Gasteiger partial charge in [-0.15, -0.1) is 0 Å². The zero-order valence-corrected chi connectivity index (χ0v) is 24.2. The van der Waals surface area contributed by atoms with Crippen LogP contribution in [0.25, 0.3) is 0 Å². The lowest BCUT2D eigenvalue weighted by Gasteiger charge is -2.32. The Morgan fingerprint density at radius 2 is 1.51 bits per heavy atom. The number of hydrogen-bond donors (Lipinski definition) is 0. The number of ether oxygens (including phenoxy) is 1. The molecule has 7 nitrogen and oxygen atoms in total. The number of rotatable bonds is 4. The molecule has 0 saturated carbocycles. The number of allylic oxidation sites excluding steroid dienone is 1. The Hall–Kier alpha value is -3.51. The van der Waals surface area contributed by atoms with E-state index in [1.165, 1.54) is 0 Å². The molecule has 5 rings (SSSR count). The second-order valence-electron chi connectivity index (χ2n) is 12.5. The van der Waals surface area contributed by atoms with E-state index in [1.807, 2.05) is 31.5 Å². The number of aryl methyl sites for hydroxylation is 1. The van der Waals surface area contributed by atoms with Crippen molar-refractivity contribution >= 4 is 12.0 Å². The molecule has 0 radical (unpaired) electrons. The smallest absolute Gasteiger partial charge is 0.416 e. The van der Waals surface area contributed by atoms with Crippen molar-refractivity contribution in [3.8, 4) is 0 Å². The molecule has 2 aliphatic heterocycles. The van der Waals surface area contributed by atoms with Gasteiger partial charge in [-0.3, -0.25) is 9.48 Å². The molecule has 1 fully saturated rings. The third kappa shape index (κ3) is 7.35. The molecule has 3 aliphatic rings. The number of halogens is 6. The van der Waals surface area contributed by atoms with E-state index in [1.54, 1.807) is 15.9 Å². The number of carbonyl (C=O) groups is 2. The highest BCUT2D eigenvalue weighted by molar-refractivity contribution is 5.98. The summed E-state index contributed by atoms with van der Waals surface area (Å²) in [5, 5.41) is 4.79. The first kappa shape index (κ1) is 30.9. The lowest BCUT2D eigenvalue weighted by Crippen LogP contribution is -2.41. The van der Waals surface area contributed by atoms with Gasteiger partial charge in [-0.05, 0) is 76.3 Å². The fourth-order valence-corrected chi connectivity index (χ4v) is 5.68. The zero-order chi connectivity index (χ0) is 31.3. The molecule has 2 aromatic rings. The van der Waals surface area contributed by atoms with Crippen LogP contribution in [0.15, 0.2) is 35.9 Å². The highest BCUT2D eigenvalue weighted by atomic mass is 19.4. The van der Waals surface area contributed by atoms with E-state index in [4.69, 9.17) is 9.84 Å². The van der Waals surface area contributed by atoms with Crippen LogP contribution in [0.2, 0.25) is 0 Å². The first-order valence-electron chi connectivity index (χ1n) is 14.3. The first-order valence-corrected chi connectivity index (χ1v) is 14.3. The van der Waals surface area contributed by atoms with Crippen molar-refractivity contribution in [2.45, 2.75) is 83.4 Å². The molecule has 0 bridgehead atoms. The van der Waals surface area contributed by atoms with Gasteiger partial charge in [0.25, 0.3) is 0 Å². The summed E-state index contributed by atoms with van der Waals surface area (Å²) in [5.41, 5.74) is -1.25. The lowest BCUT2D eigenvalue weighted by atomic mass is 9.93. The number of alkyl halides is 6. The largest absolute Gasteiger partial charge is 0.444 e. The first-order chi connectivity index (χ1) is 20.0. The van der Waals surface area contributed by atoms with Crippen molar-refractivity contribution in [1.29, 1.82) is 0 Å². The summed E-state index contributed by atoms with van der Waals surface area (Å²) < 4.78 is 86.9. The predicted molar refractivity (Wildman–Crippen MR) is 144 cm³/mol. The summed E-state index contributed by atoms with van der Waals surface area (Å²) >= 11 is 0. The maximum absolute atomic E-state index is 13.3. The van der Waals surface area contributed by atoms with Crippen LogP contribution in [0.1, 0.15) is 74.0 Å². The van der Waals surface area contributed by atoms with Gasteiger partial charge in [-0.25, -0.2) is 4.79 Å². The van der Waals surface area contributed by atoms with E-state index >= 15 is 0 Å². The van der Waals surface area contributed by atoms with Crippen LogP contribution in [0.5, 0.6) is 0 Å². The number of aromatic nitrogens is 2. The monoisotopic (exact) mass is 612 g/mol. The Morgan fingerprint density at radius 1 is 0.884 bits per heavy atom. The molecule has 1 aromatic heterocycles. The molecule has 1 aliphatic carbocycles. The topological polar surface area (TPSA) is 67.7 Å². The van der Waals surface area contributed by atoms with Crippen LogP contribution < -0.4 is 0 Å². The highest BCUT2D eigenvalue weighted by Gasteiger charge is 2.39. The molecular formula is C30H34F6N4O3. The highest BCUT2D eigenvalue weighted by Crippen LogP contribution is 2.40. The third-order valence-corrected chi connectivity index (χ3v) is 7.91. The zero-order valence-electron chi connectivity index (χ0n) is 24.2. The van der Waals surface area contributed by atoms with Crippen molar-refractivity contribution in [3.05, 3.63) is 64.0 Å². The van der Waals surface area contributed by atoms with Crippen molar-refractivity contribution in [2.24, 2.45) is 5.92 Å². The Labute approximate surface area is 245 Å². The number of piperidine rings is 1. The predicted octanol–water partition coefficient (Wildman–Crippen LogP) is 6.57. The Kier molecular flexibility index (Phi) is 8.06. The molecule has 43 heavy (non-hydrogen) atoms. The summed E-state index contributed by atoms with van der Waals surface area (Å²) in [6.45, 7) is 7.96. The van der Waals surface area contributed by atoms with Crippen LogP contribution in [0.3, 0.4) is 0 Å². The maximum atomic E-state index is 13.3. The van der Waals surface area contributed by atoms with E-state index < -0.39 is 35.0 Å².